The number of thiophene rings is 1. The number of amides is 2. The maximum Gasteiger partial charge on any atom is 0.317 e. The first-order chi connectivity index (χ1) is 11.7. The minimum atomic E-state index is -3.53. The van der Waals surface area contributed by atoms with Crippen molar-refractivity contribution in [3.05, 3.63) is 17.5 Å². The zero-order valence-corrected chi connectivity index (χ0v) is 15.8. The summed E-state index contributed by atoms with van der Waals surface area (Å²) in [6, 6.07) is 2.58. The number of nitrogens with zero attached hydrogens (tertiary/aromatic N) is 2. The van der Waals surface area contributed by atoms with Crippen molar-refractivity contribution < 1.29 is 23.1 Å². The molecule has 1 saturated heterocycles. The molecule has 1 unspecified atom stereocenters. The van der Waals surface area contributed by atoms with Gasteiger partial charge >= 0.3 is 12.0 Å². The molecule has 0 aromatic carbocycles. The van der Waals surface area contributed by atoms with E-state index in [9.17, 15) is 18.0 Å². The van der Waals surface area contributed by atoms with Crippen LogP contribution >= 0.6 is 11.3 Å². The Hall–Kier alpha value is -1.65. The van der Waals surface area contributed by atoms with Crippen LogP contribution in [-0.4, -0.2) is 67.5 Å². The fraction of sp³-hybridized carbons (Fsp3) is 0.600. The minimum absolute atomic E-state index is 0.0884. The van der Waals surface area contributed by atoms with Gasteiger partial charge in [0, 0.05) is 32.7 Å². The number of carbonyl (C=O) groups excluding carboxylic acids is 1. The van der Waals surface area contributed by atoms with Crippen molar-refractivity contribution in [2.75, 3.05) is 26.7 Å². The molecule has 2 N–H and O–H groups in total. The molecule has 1 fully saturated rings. The van der Waals surface area contributed by atoms with Gasteiger partial charge in [0.1, 0.15) is 4.21 Å². The smallest absolute Gasteiger partial charge is 0.317 e. The first-order valence-electron chi connectivity index (χ1n) is 8.00. The van der Waals surface area contributed by atoms with Gasteiger partial charge in [-0.25, -0.2) is 13.2 Å². The molecule has 1 aromatic rings. The third-order valence-corrected chi connectivity index (χ3v) is 7.36. The lowest BCUT2D eigenvalue weighted by atomic mass is 10.1. The number of carboxylic acid groups (broad SMARTS) is 1. The SMILES string of the molecule is CC(CN(C)C(=O)N[C@@H]1CCCN(S(=O)(=O)c2cccs2)C1)C(=O)O. The summed E-state index contributed by atoms with van der Waals surface area (Å²) < 4.78 is 26.9. The maximum atomic E-state index is 12.6. The number of carbonyl (C=O) groups is 2. The molecule has 140 valence electrons. The van der Waals surface area contributed by atoms with E-state index in [2.05, 4.69) is 5.32 Å². The Morgan fingerprint density at radius 1 is 1.52 bits per heavy atom. The lowest BCUT2D eigenvalue weighted by Gasteiger charge is -2.33. The van der Waals surface area contributed by atoms with Crippen LogP contribution in [0.1, 0.15) is 19.8 Å². The molecular formula is C15H23N3O5S2. The van der Waals surface area contributed by atoms with Crippen LogP contribution < -0.4 is 5.32 Å². The fourth-order valence-electron chi connectivity index (χ4n) is 2.67. The Kier molecular flexibility index (Phi) is 6.42. The van der Waals surface area contributed by atoms with Crippen molar-refractivity contribution >= 4 is 33.4 Å². The molecule has 0 aliphatic carbocycles. The summed E-state index contributed by atoms with van der Waals surface area (Å²) in [5.41, 5.74) is 0. The van der Waals surface area contributed by atoms with Crippen molar-refractivity contribution in [3.8, 4) is 0 Å². The second kappa shape index (κ2) is 8.15. The predicted octanol–water partition coefficient (Wildman–Crippen LogP) is 1.26. The van der Waals surface area contributed by atoms with E-state index in [4.69, 9.17) is 5.11 Å². The zero-order valence-electron chi connectivity index (χ0n) is 14.2. The second-order valence-electron chi connectivity index (χ2n) is 6.20. The van der Waals surface area contributed by atoms with E-state index in [1.54, 1.807) is 17.5 Å². The lowest BCUT2D eigenvalue weighted by Crippen LogP contribution is -2.52. The van der Waals surface area contributed by atoms with E-state index in [1.807, 2.05) is 0 Å². The van der Waals surface area contributed by atoms with E-state index in [0.717, 1.165) is 0 Å². The number of piperidine rings is 1. The molecule has 0 radical (unpaired) electrons. The largest absolute Gasteiger partial charge is 0.481 e. The van der Waals surface area contributed by atoms with Crippen LogP contribution in [0.3, 0.4) is 0 Å². The van der Waals surface area contributed by atoms with Crippen molar-refractivity contribution in [1.82, 2.24) is 14.5 Å². The highest BCUT2D eigenvalue weighted by Gasteiger charge is 2.32. The summed E-state index contributed by atoms with van der Waals surface area (Å²) in [6.07, 6.45) is 1.34. The molecule has 10 heteroatoms. The summed E-state index contributed by atoms with van der Waals surface area (Å²) in [4.78, 5) is 24.4. The Morgan fingerprint density at radius 2 is 2.24 bits per heavy atom. The Balaban J connectivity index is 1.95. The number of carboxylic acids is 1. The van der Waals surface area contributed by atoms with Crippen molar-refractivity contribution in [2.24, 2.45) is 5.92 Å². The number of hydrogen-bond acceptors (Lipinski definition) is 5. The molecule has 1 aliphatic rings. The predicted molar refractivity (Wildman–Crippen MR) is 94.1 cm³/mol. The number of rotatable bonds is 6. The van der Waals surface area contributed by atoms with Gasteiger partial charge in [-0.2, -0.15) is 4.31 Å². The van der Waals surface area contributed by atoms with Gasteiger partial charge in [0.05, 0.1) is 5.92 Å². The Labute approximate surface area is 151 Å². The number of sulfonamides is 1. The van der Waals surface area contributed by atoms with Crippen LogP contribution in [0.5, 0.6) is 0 Å². The first kappa shape index (κ1) is 19.7. The molecule has 0 saturated carbocycles. The van der Waals surface area contributed by atoms with Crippen molar-refractivity contribution in [2.45, 2.75) is 30.0 Å². The zero-order chi connectivity index (χ0) is 18.6. The number of aliphatic carboxylic acids is 1. The average Bonchev–Trinajstić information content (AvgIpc) is 3.10. The van der Waals surface area contributed by atoms with Gasteiger partial charge < -0.3 is 15.3 Å². The van der Waals surface area contributed by atoms with Crippen LogP contribution in [-0.2, 0) is 14.8 Å². The van der Waals surface area contributed by atoms with Crippen LogP contribution in [0, 0.1) is 5.92 Å². The topological polar surface area (TPSA) is 107 Å². The molecule has 2 heterocycles. The number of urea groups is 1. The molecular weight excluding hydrogens is 366 g/mol. The molecule has 0 bridgehead atoms. The Bertz CT molecular complexity index is 705. The van der Waals surface area contributed by atoms with Crippen LogP contribution in [0.25, 0.3) is 0 Å². The van der Waals surface area contributed by atoms with Gasteiger partial charge in [0.25, 0.3) is 10.0 Å². The van der Waals surface area contributed by atoms with E-state index in [0.29, 0.717) is 23.6 Å². The highest BCUT2D eigenvalue weighted by atomic mass is 32.2. The summed E-state index contributed by atoms with van der Waals surface area (Å²) in [6.45, 7) is 2.26. The van der Waals surface area contributed by atoms with Crippen molar-refractivity contribution in [1.29, 1.82) is 0 Å². The maximum absolute atomic E-state index is 12.6. The summed E-state index contributed by atoms with van der Waals surface area (Å²) >= 11 is 1.17. The molecule has 25 heavy (non-hydrogen) atoms. The molecule has 2 rings (SSSR count). The molecule has 1 aromatic heterocycles. The van der Waals surface area contributed by atoms with Gasteiger partial charge in [0.2, 0.25) is 0 Å². The normalized spacial score (nSPS) is 20.0. The minimum Gasteiger partial charge on any atom is -0.481 e. The molecule has 2 atom stereocenters. The molecule has 1 aliphatic heterocycles. The number of nitrogens with one attached hydrogen (secondary N) is 1. The quantitative estimate of drug-likeness (QED) is 0.762. The van der Waals surface area contributed by atoms with Crippen LogP contribution in [0.2, 0.25) is 0 Å². The van der Waals surface area contributed by atoms with E-state index in [1.165, 1.54) is 34.5 Å². The van der Waals surface area contributed by atoms with E-state index >= 15 is 0 Å². The van der Waals surface area contributed by atoms with E-state index in [-0.39, 0.29) is 19.1 Å². The molecule has 0 spiro atoms. The third kappa shape index (κ3) is 4.93. The fourth-order valence-corrected chi connectivity index (χ4v) is 5.34. The van der Waals surface area contributed by atoms with E-state index < -0.39 is 27.9 Å². The Morgan fingerprint density at radius 3 is 2.84 bits per heavy atom. The lowest BCUT2D eigenvalue weighted by molar-refractivity contribution is -0.141. The third-order valence-electron chi connectivity index (χ3n) is 4.12. The molecule has 2 amide bonds. The van der Waals surface area contributed by atoms with Crippen LogP contribution in [0.15, 0.2) is 21.7 Å². The monoisotopic (exact) mass is 389 g/mol. The summed E-state index contributed by atoms with van der Waals surface area (Å²) in [5, 5.41) is 13.4. The van der Waals surface area contributed by atoms with Gasteiger partial charge in [-0.05, 0) is 24.3 Å². The highest BCUT2D eigenvalue weighted by molar-refractivity contribution is 7.91. The van der Waals surface area contributed by atoms with Gasteiger partial charge in [-0.3, -0.25) is 4.79 Å². The number of hydrogen-bond donors (Lipinski definition) is 2. The second-order valence-corrected chi connectivity index (χ2v) is 9.32. The average molecular weight is 389 g/mol. The van der Waals surface area contributed by atoms with Gasteiger partial charge in [0.15, 0.2) is 0 Å². The standard InChI is InChI=1S/C15H23N3O5S2/c1-11(14(19)20)9-17(2)15(21)16-12-5-3-7-18(10-12)25(22,23)13-6-4-8-24-13/h4,6,8,11-12H,3,5,7,9-10H2,1-2H3,(H,16,21)(H,19,20)/t11?,12-/m1/s1. The molecule has 8 nitrogen and oxygen atoms in total. The first-order valence-corrected chi connectivity index (χ1v) is 10.3. The summed E-state index contributed by atoms with van der Waals surface area (Å²) in [7, 11) is -2.00. The van der Waals surface area contributed by atoms with Crippen LogP contribution in [0.4, 0.5) is 4.79 Å². The van der Waals surface area contributed by atoms with Crippen molar-refractivity contribution in [3.63, 3.8) is 0 Å². The van der Waals surface area contributed by atoms with Gasteiger partial charge in [-0.1, -0.05) is 13.0 Å². The summed E-state index contributed by atoms with van der Waals surface area (Å²) in [5.74, 6) is -1.64. The highest BCUT2D eigenvalue weighted by Crippen LogP contribution is 2.24. The van der Waals surface area contributed by atoms with Gasteiger partial charge in [-0.15, -0.1) is 11.3 Å².